The van der Waals surface area contributed by atoms with Crippen molar-refractivity contribution in [3.05, 3.63) is 89.9 Å². The summed E-state index contributed by atoms with van der Waals surface area (Å²) in [6.07, 6.45) is 12.6. The Labute approximate surface area is 220 Å². The van der Waals surface area contributed by atoms with Crippen LogP contribution in [0.25, 0.3) is 10.9 Å². The number of hydrogen-bond acceptors (Lipinski definition) is 6. The van der Waals surface area contributed by atoms with Gasteiger partial charge < -0.3 is 34.2 Å². The van der Waals surface area contributed by atoms with Gasteiger partial charge in [0, 0.05) is 43.0 Å². The van der Waals surface area contributed by atoms with Crippen molar-refractivity contribution in [1.82, 2.24) is 15.6 Å². The van der Waals surface area contributed by atoms with Gasteiger partial charge in [0.15, 0.2) is 5.76 Å². The SMILES string of the molecule is CC(=O)NCCc1c[nH]c2ccc(OCCOC3=CC4C(CCNC(=O)c5ccco5)=COC4C=C3)cc12. The number of aromatic nitrogens is 1. The number of nitrogens with one attached hydrogen (secondary N) is 3. The summed E-state index contributed by atoms with van der Waals surface area (Å²) in [4.78, 5) is 26.5. The molecule has 3 N–H and O–H groups in total. The summed E-state index contributed by atoms with van der Waals surface area (Å²) in [5.41, 5.74) is 3.26. The quantitative estimate of drug-likeness (QED) is 0.313. The van der Waals surface area contributed by atoms with Gasteiger partial charge in [0.2, 0.25) is 5.91 Å². The van der Waals surface area contributed by atoms with Crippen molar-refractivity contribution >= 4 is 22.7 Å². The predicted molar refractivity (Wildman–Crippen MR) is 141 cm³/mol. The zero-order valence-electron chi connectivity index (χ0n) is 21.2. The summed E-state index contributed by atoms with van der Waals surface area (Å²) in [6.45, 7) is 3.39. The molecule has 9 nitrogen and oxygen atoms in total. The van der Waals surface area contributed by atoms with Gasteiger partial charge in [0.1, 0.15) is 30.8 Å². The van der Waals surface area contributed by atoms with E-state index in [0.717, 1.165) is 40.0 Å². The first-order valence-electron chi connectivity index (χ1n) is 12.7. The van der Waals surface area contributed by atoms with Crippen molar-refractivity contribution in [2.45, 2.75) is 25.9 Å². The van der Waals surface area contributed by atoms with E-state index in [1.165, 1.54) is 13.2 Å². The average molecular weight is 518 g/mol. The lowest BCUT2D eigenvalue weighted by atomic mass is 9.90. The Kier molecular flexibility index (Phi) is 7.82. The highest BCUT2D eigenvalue weighted by atomic mass is 16.5. The molecule has 0 saturated carbocycles. The number of rotatable bonds is 12. The number of aromatic amines is 1. The Morgan fingerprint density at radius 2 is 1.95 bits per heavy atom. The topological polar surface area (TPSA) is 115 Å². The summed E-state index contributed by atoms with van der Waals surface area (Å²) < 4.78 is 22.8. The monoisotopic (exact) mass is 517 g/mol. The molecule has 2 aliphatic rings. The number of ether oxygens (including phenoxy) is 3. The smallest absolute Gasteiger partial charge is 0.286 e. The van der Waals surface area contributed by atoms with Crippen LogP contribution in [0.15, 0.2) is 83.0 Å². The van der Waals surface area contributed by atoms with Crippen molar-refractivity contribution in [1.29, 1.82) is 0 Å². The van der Waals surface area contributed by atoms with Crippen molar-refractivity contribution in [2.75, 3.05) is 26.3 Å². The number of benzene rings is 1. The normalized spacial score (nSPS) is 17.8. The van der Waals surface area contributed by atoms with Gasteiger partial charge in [-0.1, -0.05) is 0 Å². The Morgan fingerprint density at radius 3 is 2.79 bits per heavy atom. The van der Waals surface area contributed by atoms with E-state index in [9.17, 15) is 9.59 Å². The van der Waals surface area contributed by atoms with Gasteiger partial charge in [-0.05, 0) is 72.5 Å². The number of carbonyl (C=O) groups excluding carboxylic acids is 2. The zero-order valence-corrected chi connectivity index (χ0v) is 21.2. The summed E-state index contributed by atoms with van der Waals surface area (Å²) in [5, 5.41) is 6.78. The van der Waals surface area contributed by atoms with E-state index < -0.39 is 0 Å². The minimum atomic E-state index is -0.231. The van der Waals surface area contributed by atoms with Crippen LogP contribution in [0.2, 0.25) is 0 Å². The lowest BCUT2D eigenvalue weighted by molar-refractivity contribution is -0.118. The molecular weight excluding hydrogens is 486 g/mol. The molecule has 0 bridgehead atoms. The third kappa shape index (κ3) is 6.11. The van der Waals surface area contributed by atoms with Crippen molar-refractivity contribution in [3.8, 4) is 5.75 Å². The van der Waals surface area contributed by atoms with Crippen LogP contribution in [0.4, 0.5) is 0 Å². The maximum Gasteiger partial charge on any atom is 0.286 e. The van der Waals surface area contributed by atoms with Crippen molar-refractivity contribution in [3.63, 3.8) is 0 Å². The van der Waals surface area contributed by atoms with E-state index in [4.69, 9.17) is 18.6 Å². The van der Waals surface area contributed by atoms with Gasteiger partial charge in [-0.15, -0.1) is 0 Å². The molecule has 0 spiro atoms. The molecule has 2 amide bonds. The first-order valence-corrected chi connectivity index (χ1v) is 12.7. The van der Waals surface area contributed by atoms with E-state index in [1.807, 2.05) is 36.5 Å². The van der Waals surface area contributed by atoms with Crippen LogP contribution in [0.5, 0.6) is 5.75 Å². The summed E-state index contributed by atoms with van der Waals surface area (Å²) in [5.74, 6) is 1.64. The Bertz CT molecular complexity index is 1370. The maximum absolute atomic E-state index is 12.1. The number of amides is 2. The summed E-state index contributed by atoms with van der Waals surface area (Å²) in [6, 6.07) is 9.26. The highest BCUT2D eigenvalue weighted by Crippen LogP contribution is 2.34. The van der Waals surface area contributed by atoms with E-state index in [-0.39, 0.29) is 23.8 Å². The Hall–Kier alpha value is -4.40. The van der Waals surface area contributed by atoms with Gasteiger partial charge in [-0.25, -0.2) is 0 Å². The molecule has 3 aromatic rings. The second-order valence-electron chi connectivity index (χ2n) is 9.18. The first-order chi connectivity index (χ1) is 18.6. The fourth-order valence-electron chi connectivity index (χ4n) is 4.61. The van der Waals surface area contributed by atoms with Crippen molar-refractivity contribution in [2.24, 2.45) is 5.92 Å². The molecule has 0 radical (unpaired) electrons. The highest BCUT2D eigenvalue weighted by Gasteiger charge is 2.30. The third-order valence-electron chi connectivity index (χ3n) is 6.52. The standard InChI is InChI=1S/C29H31N3O6/c1-19(33)30-10-8-20-17-32-26-6-4-22(15-24(20)26)35-13-14-36-23-5-7-27-25(16-23)21(18-38-27)9-11-31-29(34)28-3-2-12-37-28/h2-7,12,15-18,25,27,32H,8-11,13-14H2,1H3,(H,30,33)(H,31,34). The molecule has 2 aromatic heterocycles. The number of allylic oxidation sites excluding steroid dienone is 1. The van der Waals surface area contributed by atoms with Crippen LogP contribution in [0.3, 0.4) is 0 Å². The number of hydrogen-bond donors (Lipinski definition) is 3. The molecule has 1 aromatic carbocycles. The molecule has 2 atom stereocenters. The lowest BCUT2D eigenvalue weighted by Crippen LogP contribution is -2.25. The Balaban J connectivity index is 1.08. The van der Waals surface area contributed by atoms with Crippen LogP contribution in [0.1, 0.15) is 29.5 Å². The molecule has 3 heterocycles. The fourth-order valence-corrected chi connectivity index (χ4v) is 4.61. The summed E-state index contributed by atoms with van der Waals surface area (Å²) >= 11 is 0. The molecule has 198 valence electrons. The van der Waals surface area contributed by atoms with Crippen molar-refractivity contribution < 1.29 is 28.2 Å². The van der Waals surface area contributed by atoms with E-state index in [0.29, 0.717) is 38.5 Å². The number of fused-ring (bicyclic) bond motifs is 2. The molecule has 5 rings (SSSR count). The van der Waals surface area contributed by atoms with E-state index in [2.05, 4.69) is 21.7 Å². The minimum Gasteiger partial charge on any atom is -0.493 e. The molecule has 9 heteroatoms. The molecule has 38 heavy (non-hydrogen) atoms. The van der Waals surface area contributed by atoms with E-state index in [1.54, 1.807) is 18.4 Å². The van der Waals surface area contributed by atoms with Crippen LogP contribution < -0.4 is 15.4 Å². The average Bonchev–Trinajstić information content (AvgIpc) is 3.67. The molecule has 0 fully saturated rings. The first kappa shape index (κ1) is 25.3. The fraction of sp³-hybridized carbons (Fsp3) is 0.310. The van der Waals surface area contributed by atoms with Gasteiger partial charge in [-0.2, -0.15) is 0 Å². The highest BCUT2D eigenvalue weighted by molar-refractivity contribution is 5.91. The number of H-pyrrole nitrogens is 1. The maximum atomic E-state index is 12.1. The molecular formula is C29H31N3O6. The number of furan rings is 1. The predicted octanol–water partition coefficient (Wildman–Crippen LogP) is 4.01. The van der Waals surface area contributed by atoms with Gasteiger partial charge >= 0.3 is 0 Å². The molecule has 2 unspecified atom stereocenters. The van der Waals surface area contributed by atoms with Gasteiger partial charge in [0.05, 0.1) is 12.5 Å². The van der Waals surface area contributed by atoms with Gasteiger partial charge in [0.25, 0.3) is 5.91 Å². The van der Waals surface area contributed by atoms with Gasteiger partial charge in [-0.3, -0.25) is 9.59 Å². The zero-order chi connectivity index (χ0) is 26.3. The second kappa shape index (κ2) is 11.8. The molecule has 1 aliphatic carbocycles. The number of carbonyl (C=O) groups is 2. The Morgan fingerprint density at radius 1 is 1.08 bits per heavy atom. The van der Waals surface area contributed by atoms with E-state index >= 15 is 0 Å². The second-order valence-corrected chi connectivity index (χ2v) is 9.18. The molecule has 0 saturated heterocycles. The van der Waals surface area contributed by atoms with Crippen LogP contribution in [-0.2, 0) is 20.7 Å². The van der Waals surface area contributed by atoms with Crippen LogP contribution in [-0.4, -0.2) is 49.2 Å². The van der Waals surface area contributed by atoms with Crippen LogP contribution >= 0.6 is 0 Å². The minimum absolute atomic E-state index is 0.0328. The molecule has 1 aliphatic heterocycles. The largest absolute Gasteiger partial charge is 0.493 e. The summed E-state index contributed by atoms with van der Waals surface area (Å²) in [7, 11) is 0. The van der Waals surface area contributed by atoms with Crippen LogP contribution in [0, 0.1) is 5.92 Å². The lowest BCUT2D eigenvalue weighted by Gasteiger charge is -2.21. The third-order valence-corrected chi connectivity index (χ3v) is 6.52.